The van der Waals surface area contributed by atoms with Gasteiger partial charge in [-0.1, -0.05) is 35.8 Å². The van der Waals surface area contributed by atoms with Crippen LogP contribution >= 0.6 is 0 Å². The first-order chi connectivity index (χ1) is 9.27. The second-order valence-electron chi connectivity index (χ2n) is 4.64. The Bertz CT molecular complexity index is 631. The van der Waals surface area contributed by atoms with E-state index in [4.69, 9.17) is 0 Å². The highest BCUT2D eigenvalue weighted by Gasteiger charge is 2.29. The van der Waals surface area contributed by atoms with Crippen LogP contribution < -0.4 is 16.9 Å². The molecule has 0 aliphatic heterocycles. The Morgan fingerprint density at radius 1 is 0.842 bits per heavy atom. The minimum absolute atomic E-state index is 0.0567. The maximum Gasteiger partial charge on any atom is 0.331 e. The Balaban J connectivity index is 2.18. The fourth-order valence-corrected chi connectivity index (χ4v) is 2.37. The van der Waals surface area contributed by atoms with Crippen molar-refractivity contribution in [2.24, 2.45) is 14.1 Å². The van der Waals surface area contributed by atoms with Crippen LogP contribution in [-0.4, -0.2) is 25.8 Å². The number of nitrogens with zero attached hydrogens (tertiary/aromatic N) is 4. The summed E-state index contributed by atoms with van der Waals surface area (Å²) in [7, 11) is 4.03. The van der Waals surface area contributed by atoms with E-state index >= 15 is 0 Å². The average molecular weight is 250 g/mol. The third kappa shape index (κ3) is 2.07. The molecule has 0 N–H and O–H groups in total. The van der Waals surface area contributed by atoms with Crippen molar-refractivity contribution in [2.45, 2.75) is 0 Å². The molecule has 3 aromatic rings. The maximum atomic E-state index is 4.50. The molecule has 5 heteroatoms. The summed E-state index contributed by atoms with van der Waals surface area (Å²) in [4.78, 5) is 9.00. The molecule has 2 aromatic heterocycles. The molecule has 0 bridgehead atoms. The Labute approximate surface area is 112 Å². The Morgan fingerprint density at radius 3 is 1.79 bits per heavy atom. The van der Waals surface area contributed by atoms with Crippen LogP contribution in [0.3, 0.4) is 0 Å². The fourth-order valence-electron chi connectivity index (χ4n) is 2.37. The highest BCUT2D eigenvalue weighted by Crippen LogP contribution is 1.92. The lowest BCUT2D eigenvalue weighted by atomic mass is 9.43. The Kier molecular flexibility index (Phi) is 2.95. The highest BCUT2D eigenvalue weighted by molar-refractivity contribution is 6.93. The van der Waals surface area contributed by atoms with Crippen molar-refractivity contribution in [1.82, 2.24) is 19.1 Å². The molecule has 0 radical (unpaired) electrons. The van der Waals surface area contributed by atoms with Gasteiger partial charge in [0.1, 0.15) is 0 Å². The fraction of sp³-hybridized carbons (Fsp3) is 0.143. The number of imidazole rings is 2. The van der Waals surface area contributed by atoms with Gasteiger partial charge in [-0.3, -0.25) is 9.97 Å². The monoisotopic (exact) mass is 250 g/mol. The number of aryl methyl sites for hydroxylation is 2. The standard InChI is InChI=1S/C14H15BN4/c1-18-10-8-16-13(18)15(12-6-4-3-5-7-12)14-17-9-11-19(14)2/h3-11H,1-2H3. The summed E-state index contributed by atoms with van der Waals surface area (Å²) >= 11 is 0. The summed E-state index contributed by atoms with van der Waals surface area (Å²) in [6.45, 7) is 0.0567. The van der Waals surface area contributed by atoms with Crippen LogP contribution in [0.2, 0.25) is 0 Å². The quantitative estimate of drug-likeness (QED) is 0.597. The van der Waals surface area contributed by atoms with Gasteiger partial charge in [0.05, 0.1) is 11.4 Å². The molecule has 1 aromatic carbocycles. The molecule has 0 amide bonds. The molecule has 0 spiro atoms. The van der Waals surface area contributed by atoms with Crippen LogP contribution in [0.5, 0.6) is 0 Å². The molecule has 0 saturated carbocycles. The molecule has 19 heavy (non-hydrogen) atoms. The molecule has 0 unspecified atom stereocenters. The lowest BCUT2D eigenvalue weighted by Crippen LogP contribution is -2.58. The Hall–Kier alpha value is -2.30. The maximum absolute atomic E-state index is 4.50. The van der Waals surface area contributed by atoms with Crippen LogP contribution in [-0.2, 0) is 14.1 Å². The molecule has 0 atom stereocenters. The summed E-state index contributed by atoms with van der Waals surface area (Å²) in [6.07, 6.45) is 7.59. The topological polar surface area (TPSA) is 35.6 Å². The molecular formula is C14H15BN4. The van der Waals surface area contributed by atoms with E-state index in [1.165, 1.54) is 5.46 Å². The van der Waals surface area contributed by atoms with Gasteiger partial charge < -0.3 is 9.13 Å². The second kappa shape index (κ2) is 4.76. The van der Waals surface area contributed by atoms with E-state index in [-0.39, 0.29) is 6.71 Å². The number of aromatic nitrogens is 4. The number of benzene rings is 1. The molecule has 0 saturated heterocycles. The third-order valence-corrected chi connectivity index (χ3v) is 3.37. The highest BCUT2D eigenvalue weighted by atomic mass is 15.1. The molecule has 0 aliphatic rings. The number of rotatable bonds is 3. The first-order valence-electron chi connectivity index (χ1n) is 6.27. The molecule has 94 valence electrons. The molecule has 0 fully saturated rings. The zero-order valence-corrected chi connectivity index (χ0v) is 11.1. The molecule has 4 nitrogen and oxygen atoms in total. The SMILES string of the molecule is Cn1ccnc1B(c1ccccc1)c1nccn1C. The van der Waals surface area contributed by atoms with Crippen LogP contribution in [0.1, 0.15) is 0 Å². The van der Waals surface area contributed by atoms with Crippen molar-refractivity contribution < 1.29 is 0 Å². The van der Waals surface area contributed by atoms with Gasteiger partial charge in [-0.2, -0.15) is 0 Å². The van der Waals surface area contributed by atoms with Crippen molar-refractivity contribution in [3.05, 3.63) is 55.1 Å². The second-order valence-corrected chi connectivity index (χ2v) is 4.64. The number of hydrogen-bond acceptors (Lipinski definition) is 2. The van der Waals surface area contributed by atoms with Gasteiger partial charge >= 0.3 is 6.71 Å². The lowest BCUT2D eigenvalue weighted by molar-refractivity contribution is 0.934. The van der Waals surface area contributed by atoms with Gasteiger partial charge in [-0.25, -0.2) is 0 Å². The van der Waals surface area contributed by atoms with E-state index < -0.39 is 0 Å². The van der Waals surface area contributed by atoms with Crippen LogP contribution in [0.25, 0.3) is 0 Å². The summed E-state index contributed by atoms with van der Waals surface area (Å²) in [5.74, 6) is 0. The molecule has 0 aliphatic carbocycles. The van der Waals surface area contributed by atoms with Gasteiger partial charge in [0.2, 0.25) is 0 Å². The third-order valence-electron chi connectivity index (χ3n) is 3.37. The van der Waals surface area contributed by atoms with Crippen LogP contribution in [0, 0.1) is 0 Å². The largest absolute Gasteiger partial charge is 0.345 e. The first-order valence-corrected chi connectivity index (χ1v) is 6.27. The smallest absolute Gasteiger partial charge is 0.331 e. The first kappa shape index (κ1) is 11.8. The van der Waals surface area contributed by atoms with Crippen molar-refractivity contribution in [3.8, 4) is 0 Å². The van der Waals surface area contributed by atoms with Crippen molar-refractivity contribution in [2.75, 3.05) is 0 Å². The van der Waals surface area contributed by atoms with Crippen molar-refractivity contribution in [1.29, 1.82) is 0 Å². The zero-order valence-electron chi connectivity index (χ0n) is 11.1. The Morgan fingerprint density at radius 2 is 1.37 bits per heavy atom. The van der Waals surface area contributed by atoms with E-state index in [9.17, 15) is 0 Å². The van der Waals surface area contributed by atoms with E-state index in [0.717, 1.165) is 11.4 Å². The van der Waals surface area contributed by atoms with Gasteiger partial charge in [-0.05, 0) is 0 Å². The van der Waals surface area contributed by atoms with Gasteiger partial charge in [-0.15, -0.1) is 0 Å². The molecule has 3 rings (SSSR count). The number of hydrogen-bond donors (Lipinski definition) is 0. The summed E-state index contributed by atoms with van der Waals surface area (Å²) in [5, 5.41) is 0. The van der Waals surface area contributed by atoms with Crippen molar-refractivity contribution in [3.63, 3.8) is 0 Å². The van der Waals surface area contributed by atoms with E-state index in [1.807, 2.05) is 66.2 Å². The van der Waals surface area contributed by atoms with Crippen LogP contribution in [0.15, 0.2) is 55.1 Å². The molecular weight excluding hydrogens is 235 g/mol. The van der Waals surface area contributed by atoms with E-state index in [0.29, 0.717) is 0 Å². The summed E-state index contributed by atoms with van der Waals surface area (Å²) in [5.41, 5.74) is 3.20. The van der Waals surface area contributed by atoms with Gasteiger partial charge in [0, 0.05) is 38.9 Å². The zero-order chi connectivity index (χ0) is 13.2. The van der Waals surface area contributed by atoms with Gasteiger partial charge in [0.15, 0.2) is 0 Å². The predicted octanol–water partition coefficient (Wildman–Crippen LogP) is -0.330. The van der Waals surface area contributed by atoms with Crippen molar-refractivity contribution >= 4 is 23.6 Å². The summed E-state index contributed by atoms with van der Waals surface area (Å²) < 4.78 is 4.10. The minimum atomic E-state index is 0.0567. The van der Waals surface area contributed by atoms with Crippen LogP contribution in [0.4, 0.5) is 0 Å². The van der Waals surface area contributed by atoms with E-state index in [2.05, 4.69) is 22.1 Å². The normalized spacial score (nSPS) is 10.6. The van der Waals surface area contributed by atoms with Gasteiger partial charge in [0.25, 0.3) is 0 Å². The lowest BCUT2D eigenvalue weighted by Gasteiger charge is -2.14. The molecule has 2 heterocycles. The summed E-state index contributed by atoms with van der Waals surface area (Å²) in [6, 6.07) is 10.4. The average Bonchev–Trinajstić information content (AvgIpc) is 3.02. The minimum Gasteiger partial charge on any atom is -0.345 e. The predicted molar refractivity (Wildman–Crippen MR) is 77.5 cm³/mol. The van der Waals surface area contributed by atoms with E-state index in [1.54, 1.807) is 0 Å².